The van der Waals surface area contributed by atoms with Crippen LogP contribution in [-0.4, -0.2) is 24.4 Å². The number of nitrogens with zero attached hydrogens (tertiary/aromatic N) is 2. The fraction of sp³-hybridized carbons (Fsp3) is 0.200. The first-order chi connectivity index (χ1) is 9.19. The van der Waals surface area contributed by atoms with Crippen molar-refractivity contribution in [2.24, 2.45) is 0 Å². The summed E-state index contributed by atoms with van der Waals surface area (Å²) in [6.07, 6.45) is -5.17. The number of nitro groups is 1. The van der Waals surface area contributed by atoms with Gasteiger partial charge < -0.3 is 9.47 Å². The molecule has 0 saturated heterocycles. The quantitative estimate of drug-likeness (QED) is 0.480. The van der Waals surface area contributed by atoms with Crippen LogP contribution in [0.5, 0.6) is 5.75 Å². The lowest BCUT2D eigenvalue weighted by Crippen LogP contribution is -2.19. The van der Waals surface area contributed by atoms with Crippen molar-refractivity contribution in [3.8, 4) is 11.8 Å². The van der Waals surface area contributed by atoms with Gasteiger partial charge in [-0.05, 0) is 0 Å². The minimum atomic E-state index is -5.17. The fourth-order valence-electron chi connectivity index (χ4n) is 1.30. The van der Waals surface area contributed by atoms with Crippen molar-refractivity contribution in [3.63, 3.8) is 0 Å². The van der Waals surface area contributed by atoms with E-state index >= 15 is 0 Å². The van der Waals surface area contributed by atoms with E-state index in [0.717, 1.165) is 7.11 Å². The van der Waals surface area contributed by atoms with Gasteiger partial charge in [-0.15, -0.1) is 13.2 Å². The molecule has 0 bridgehead atoms. The molecule has 0 aliphatic rings. The molecule has 1 aromatic carbocycles. The van der Waals surface area contributed by atoms with Gasteiger partial charge in [-0.1, -0.05) is 0 Å². The third kappa shape index (κ3) is 3.35. The summed E-state index contributed by atoms with van der Waals surface area (Å²) in [6.45, 7) is 0. The molecule has 7 nitrogen and oxygen atoms in total. The average Bonchev–Trinajstić information content (AvgIpc) is 2.34. The van der Waals surface area contributed by atoms with Gasteiger partial charge in [-0.25, -0.2) is 4.79 Å². The topological polar surface area (TPSA) is 102 Å². The van der Waals surface area contributed by atoms with Gasteiger partial charge in [0.15, 0.2) is 5.75 Å². The molecule has 1 aromatic rings. The van der Waals surface area contributed by atoms with Gasteiger partial charge >= 0.3 is 12.3 Å². The second-order valence-corrected chi connectivity index (χ2v) is 3.27. The molecule has 0 unspecified atom stereocenters. The summed E-state index contributed by atoms with van der Waals surface area (Å²) in [4.78, 5) is 20.9. The van der Waals surface area contributed by atoms with Gasteiger partial charge in [0.1, 0.15) is 11.6 Å². The highest BCUT2D eigenvalue weighted by molar-refractivity contribution is 5.94. The molecule has 1 rings (SSSR count). The van der Waals surface area contributed by atoms with Gasteiger partial charge in [-0.2, -0.15) is 5.26 Å². The number of carbonyl (C=O) groups is 1. The Balaban J connectivity index is 3.56. The first-order valence-corrected chi connectivity index (χ1v) is 4.76. The van der Waals surface area contributed by atoms with Crippen molar-refractivity contribution in [3.05, 3.63) is 33.4 Å². The van der Waals surface area contributed by atoms with Crippen molar-refractivity contribution < 1.29 is 32.4 Å². The number of hydrogen-bond donors (Lipinski definition) is 0. The Morgan fingerprint density at radius 2 is 2.05 bits per heavy atom. The highest BCUT2D eigenvalue weighted by Gasteiger charge is 2.34. The summed E-state index contributed by atoms with van der Waals surface area (Å²) in [5.74, 6) is -2.34. The van der Waals surface area contributed by atoms with Gasteiger partial charge in [0.2, 0.25) is 0 Å². The largest absolute Gasteiger partial charge is 0.573 e. The summed E-state index contributed by atoms with van der Waals surface area (Å²) in [7, 11) is 0.909. The Labute approximate surface area is 109 Å². The summed E-state index contributed by atoms with van der Waals surface area (Å²) in [5.41, 5.74) is -2.34. The number of halogens is 3. The van der Waals surface area contributed by atoms with E-state index in [-0.39, 0.29) is 0 Å². The van der Waals surface area contributed by atoms with E-state index in [2.05, 4.69) is 9.47 Å². The molecular formula is C10H5F3N2O5. The first kappa shape index (κ1) is 15.2. The second-order valence-electron chi connectivity index (χ2n) is 3.27. The Morgan fingerprint density at radius 1 is 1.45 bits per heavy atom. The molecule has 0 saturated carbocycles. The number of non-ortho nitro benzene ring substituents is 1. The number of esters is 1. The van der Waals surface area contributed by atoms with Crippen LogP contribution in [0.3, 0.4) is 0 Å². The number of benzene rings is 1. The fourth-order valence-corrected chi connectivity index (χ4v) is 1.30. The number of methoxy groups -OCH3 is 1. The van der Waals surface area contributed by atoms with E-state index in [1.165, 1.54) is 6.07 Å². The lowest BCUT2D eigenvalue weighted by atomic mass is 10.1. The molecule has 0 amide bonds. The molecule has 0 heterocycles. The standard InChI is InChI=1S/C10H5F3N2O5/c1-19-9(16)6-2-5(15(17)18)3-8(7(6)4-14)20-10(11,12)13/h2-3H,1H3. The second kappa shape index (κ2) is 5.43. The van der Waals surface area contributed by atoms with Crippen LogP contribution >= 0.6 is 0 Å². The summed E-state index contributed by atoms with van der Waals surface area (Å²) >= 11 is 0. The highest BCUT2D eigenvalue weighted by atomic mass is 19.4. The predicted octanol–water partition coefficient (Wildman–Crippen LogP) is 2.15. The van der Waals surface area contributed by atoms with Gasteiger partial charge in [0, 0.05) is 6.07 Å². The van der Waals surface area contributed by atoms with Crippen molar-refractivity contribution in [2.75, 3.05) is 7.11 Å². The zero-order valence-corrected chi connectivity index (χ0v) is 9.72. The average molecular weight is 290 g/mol. The summed E-state index contributed by atoms with van der Waals surface area (Å²) in [6, 6.07) is 2.35. The Bertz CT molecular complexity index is 606. The minimum Gasteiger partial charge on any atom is -0.465 e. The maximum Gasteiger partial charge on any atom is 0.573 e. The van der Waals surface area contributed by atoms with Gasteiger partial charge in [0.05, 0.1) is 23.7 Å². The molecule has 0 aliphatic heterocycles. The molecule has 0 radical (unpaired) electrons. The highest BCUT2D eigenvalue weighted by Crippen LogP contribution is 2.32. The SMILES string of the molecule is COC(=O)c1cc([N+](=O)[O-])cc(OC(F)(F)F)c1C#N. The van der Waals surface area contributed by atoms with E-state index in [4.69, 9.17) is 5.26 Å². The van der Waals surface area contributed by atoms with Crippen molar-refractivity contribution >= 4 is 11.7 Å². The lowest BCUT2D eigenvalue weighted by molar-refractivity contribution is -0.385. The number of rotatable bonds is 3. The minimum absolute atomic E-state index is 0.401. The van der Waals surface area contributed by atoms with Crippen LogP contribution < -0.4 is 4.74 Å². The summed E-state index contributed by atoms with van der Waals surface area (Å²) in [5, 5.41) is 19.4. The van der Waals surface area contributed by atoms with Crippen molar-refractivity contribution in [2.45, 2.75) is 6.36 Å². The number of nitriles is 1. The van der Waals surface area contributed by atoms with Gasteiger partial charge in [-0.3, -0.25) is 10.1 Å². The van der Waals surface area contributed by atoms with E-state index in [1.807, 2.05) is 0 Å². The van der Waals surface area contributed by atoms with Gasteiger partial charge in [0.25, 0.3) is 5.69 Å². The molecule has 0 spiro atoms. The molecule has 0 atom stereocenters. The molecule has 106 valence electrons. The van der Waals surface area contributed by atoms with Crippen LogP contribution in [0.25, 0.3) is 0 Å². The van der Waals surface area contributed by atoms with E-state index in [9.17, 15) is 28.1 Å². The monoisotopic (exact) mass is 290 g/mol. The normalized spacial score (nSPS) is 10.6. The van der Waals surface area contributed by atoms with Crippen LogP contribution in [0.15, 0.2) is 12.1 Å². The molecule has 0 aliphatic carbocycles. The van der Waals surface area contributed by atoms with Crippen LogP contribution in [0.1, 0.15) is 15.9 Å². The molecule has 0 fully saturated rings. The maximum atomic E-state index is 12.2. The molecule has 10 heteroatoms. The number of carbonyl (C=O) groups excluding carboxylic acids is 1. The van der Waals surface area contributed by atoms with Crippen LogP contribution in [0.2, 0.25) is 0 Å². The Morgan fingerprint density at radius 3 is 2.45 bits per heavy atom. The third-order valence-corrected chi connectivity index (χ3v) is 2.04. The zero-order valence-electron chi connectivity index (χ0n) is 9.72. The van der Waals surface area contributed by atoms with Crippen molar-refractivity contribution in [1.29, 1.82) is 5.26 Å². The smallest absolute Gasteiger partial charge is 0.465 e. The van der Waals surface area contributed by atoms with Crippen LogP contribution in [0, 0.1) is 21.4 Å². The van der Waals surface area contributed by atoms with Crippen molar-refractivity contribution in [1.82, 2.24) is 0 Å². The molecule has 0 N–H and O–H groups in total. The number of alkyl halides is 3. The molecule has 0 aromatic heterocycles. The Kier molecular flexibility index (Phi) is 4.14. The summed E-state index contributed by atoms with van der Waals surface area (Å²) < 4.78 is 44.3. The van der Waals surface area contributed by atoms with Crippen LogP contribution in [0.4, 0.5) is 18.9 Å². The van der Waals surface area contributed by atoms with E-state index in [1.54, 1.807) is 0 Å². The predicted molar refractivity (Wildman–Crippen MR) is 55.8 cm³/mol. The third-order valence-electron chi connectivity index (χ3n) is 2.04. The zero-order chi connectivity index (χ0) is 15.5. The number of nitro benzene ring substituents is 1. The van der Waals surface area contributed by atoms with E-state index < -0.39 is 39.8 Å². The first-order valence-electron chi connectivity index (χ1n) is 4.76. The van der Waals surface area contributed by atoms with E-state index in [0.29, 0.717) is 12.1 Å². The molecule has 20 heavy (non-hydrogen) atoms. The van der Waals surface area contributed by atoms with Crippen LogP contribution in [-0.2, 0) is 4.74 Å². The number of ether oxygens (including phenoxy) is 2. The number of hydrogen-bond acceptors (Lipinski definition) is 6. The Hall–Kier alpha value is -2.83. The molecular weight excluding hydrogens is 285 g/mol. The lowest BCUT2D eigenvalue weighted by Gasteiger charge is -2.11. The maximum absolute atomic E-state index is 12.2.